The summed E-state index contributed by atoms with van der Waals surface area (Å²) in [5.41, 5.74) is -2.98. The Labute approximate surface area is 280 Å². The Hall–Kier alpha value is -5.46. The molecule has 0 spiro atoms. The first-order valence-corrected chi connectivity index (χ1v) is 12.5. The van der Waals surface area contributed by atoms with E-state index in [4.69, 9.17) is 21.9 Å². The molecule has 42 heavy (non-hydrogen) atoms. The maximum Gasteiger partial charge on any atom is 0.0636 e. The zero-order valence-electron chi connectivity index (χ0n) is 47.0. The molecule has 0 bridgehead atoms. The van der Waals surface area contributed by atoms with Gasteiger partial charge in [-0.1, -0.05) is 145 Å². The maximum atomic E-state index is 9.76. The van der Waals surface area contributed by atoms with Crippen molar-refractivity contribution in [2.45, 2.75) is 0 Å². The van der Waals surface area contributed by atoms with Crippen molar-refractivity contribution < 1.29 is 35.6 Å². The summed E-state index contributed by atoms with van der Waals surface area (Å²) in [6.07, 6.45) is 0. The highest BCUT2D eigenvalue weighted by Gasteiger charge is 2.17. The third kappa shape index (κ3) is 3.42. The molecule has 9 aromatic carbocycles. The molecule has 0 aliphatic carbocycles. The molecular weight excluding hydrogens is 504 g/mol. The van der Waals surface area contributed by atoms with Crippen molar-refractivity contribution in [1.82, 2.24) is 0 Å². The largest absolute Gasteiger partial charge is 0.0636 e. The summed E-state index contributed by atoms with van der Waals surface area (Å²) in [6.45, 7) is 0. The van der Waals surface area contributed by atoms with Gasteiger partial charge in [0.2, 0.25) is 0 Å². The second-order valence-corrected chi connectivity index (χ2v) is 9.25. The van der Waals surface area contributed by atoms with Crippen molar-refractivity contribution >= 4 is 64.6 Å². The molecule has 9 aromatic rings. The van der Waals surface area contributed by atoms with E-state index >= 15 is 0 Å². The van der Waals surface area contributed by atoms with E-state index in [1.807, 2.05) is 0 Å². The molecule has 0 heteroatoms. The molecule has 0 radical (unpaired) electrons. The predicted octanol–water partition coefficient (Wildman–Crippen LogP) is 11.9. The van der Waals surface area contributed by atoms with Crippen LogP contribution in [-0.2, 0) is 0 Å². The molecule has 0 amide bonds. The topological polar surface area (TPSA) is 0 Å². The van der Waals surface area contributed by atoms with Gasteiger partial charge in [-0.05, 0) is 99.0 Å². The van der Waals surface area contributed by atoms with Gasteiger partial charge in [0.25, 0.3) is 0 Å². The minimum absolute atomic E-state index is 0.487. The molecule has 0 saturated carbocycles. The van der Waals surface area contributed by atoms with Gasteiger partial charge in [0.1, 0.15) is 0 Å². The molecule has 9 rings (SSSR count). The van der Waals surface area contributed by atoms with E-state index in [1.165, 1.54) is 0 Å². The van der Waals surface area contributed by atoms with Crippen molar-refractivity contribution in [2.24, 2.45) is 0 Å². The summed E-state index contributed by atoms with van der Waals surface area (Å²) in [5, 5.41) is -7.27. The summed E-state index contributed by atoms with van der Waals surface area (Å²) in [4.78, 5) is 0. The smallest absolute Gasteiger partial charge is 0.0616 e. The van der Waals surface area contributed by atoms with E-state index in [0.29, 0.717) is 0 Å². The third-order valence-corrected chi connectivity index (χ3v) is 7.00. The lowest BCUT2D eigenvalue weighted by Gasteiger charge is -2.18. The number of fused-ring (bicyclic) bond motifs is 8. The fourth-order valence-corrected chi connectivity index (χ4v) is 5.19. The van der Waals surface area contributed by atoms with Gasteiger partial charge in [-0.15, -0.1) is 0 Å². The molecular formula is C42H26. The van der Waals surface area contributed by atoms with Crippen LogP contribution >= 0.6 is 0 Å². The zero-order valence-corrected chi connectivity index (χ0v) is 21.0. The van der Waals surface area contributed by atoms with E-state index in [9.17, 15) is 13.7 Å². The summed E-state index contributed by atoms with van der Waals surface area (Å²) >= 11 is 0. The molecule has 0 nitrogen and oxygen atoms in total. The summed E-state index contributed by atoms with van der Waals surface area (Å²) < 4.78 is 233. The average Bonchev–Trinajstić information content (AvgIpc) is 3.30. The molecule has 0 heterocycles. The minimum Gasteiger partial charge on any atom is -0.0616 e. The van der Waals surface area contributed by atoms with Gasteiger partial charge >= 0.3 is 0 Å². The van der Waals surface area contributed by atoms with Crippen LogP contribution in [0.2, 0.25) is 0 Å². The molecule has 0 N–H and O–H groups in total. The van der Waals surface area contributed by atoms with Gasteiger partial charge in [-0.3, -0.25) is 0 Å². The van der Waals surface area contributed by atoms with Gasteiger partial charge in [0, 0.05) is 0 Å². The molecule has 0 unspecified atom stereocenters. The molecule has 0 saturated heterocycles. The summed E-state index contributed by atoms with van der Waals surface area (Å²) in [5.74, 6) is 0. The first kappa shape index (κ1) is 9.28. The van der Waals surface area contributed by atoms with E-state index < -0.39 is 244 Å². The Morgan fingerprint density at radius 3 is 1.19 bits per heavy atom. The molecule has 0 fully saturated rings. The van der Waals surface area contributed by atoms with Crippen molar-refractivity contribution in [3.8, 4) is 22.3 Å². The van der Waals surface area contributed by atoms with Gasteiger partial charge in [0.15, 0.2) is 0 Å². The van der Waals surface area contributed by atoms with Crippen LogP contribution in [0.15, 0.2) is 157 Å². The van der Waals surface area contributed by atoms with E-state index in [2.05, 4.69) is 0 Å². The van der Waals surface area contributed by atoms with Crippen LogP contribution in [0, 0.1) is 0 Å². The predicted molar refractivity (Wildman–Crippen MR) is 182 cm³/mol. The van der Waals surface area contributed by atoms with Gasteiger partial charge in [-0.25, -0.2) is 0 Å². The number of rotatable bonds is 2. The van der Waals surface area contributed by atoms with E-state index in [1.54, 1.807) is 0 Å². The van der Waals surface area contributed by atoms with Gasteiger partial charge in [0.05, 0.1) is 35.6 Å². The van der Waals surface area contributed by atoms with Crippen LogP contribution in [0.1, 0.15) is 35.6 Å². The van der Waals surface area contributed by atoms with Crippen molar-refractivity contribution in [2.75, 3.05) is 0 Å². The lowest BCUT2D eigenvalue weighted by molar-refractivity contribution is 1.69. The maximum absolute atomic E-state index is 9.76. The molecule has 0 aliphatic heterocycles. The highest BCUT2D eigenvalue weighted by Crippen LogP contribution is 2.45. The minimum atomic E-state index is -0.986. The lowest BCUT2D eigenvalue weighted by atomic mass is 9.85. The highest BCUT2D eigenvalue weighted by molar-refractivity contribution is 6.23. The normalized spacial score (nSPS) is 20.5. The molecule has 0 atom stereocenters. The third-order valence-electron chi connectivity index (χ3n) is 7.00. The van der Waals surface area contributed by atoms with Crippen LogP contribution in [0.3, 0.4) is 0 Å². The fourth-order valence-electron chi connectivity index (χ4n) is 5.19. The zero-order chi connectivity index (χ0) is 50.2. The molecule has 0 aliphatic rings. The Morgan fingerprint density at radius 1 is 0.262 bits per heavy atom. The standard InChI is InChI=1S/C42H26/c1-3-11-33-27(9-1)19-21-30-25-31(23-24-35(30)33)41-36-13-5-7-15-38(36)42(39-16-8-6-14-37(39)41)32-22-20-29-18-17-28-10-2-4-12-34(28)40(29)26-32/h1-26H/i1D,2D,3D,4D,5D,6D,7D,8D,9D,10D,11D,12D,13D,14D,15D,16D,17D,18D,19D,20D,21D,22D,23D,24D,25D,26D. The van der Waals surface area contributed by atoms with Crippen LogP contribution in [0.25, 0.3) is 86.9 Å². The highest BCUT2D eigenvalue weighted by atomic mass is 14.2. The van der Waals surface area contributed by atoms with E-state index in [-0.39, 0.29) is 0 Å². The van der Waals surface area contributed by atoms with Crippen LogP contribution < -0.4 is 0 Å². The fraction of sp³-hybridized carbons (Fsp3) is 0. The SMILES string of the molecule is [2H]c1c([2H])c([2H])c2c(-c3c([2H])c([2H])c4c([2H])c([2H])c5c([2H])c([2H])c([2H])c([2H])c5c4c3[2H])c3c([2H])c([2H])c([2H])c([2H])c3c(-c3c([2H])c([2H])c4c(c3[2H])c([2H])c([2H])c3c([2H])c([2H])c([2H])c([2H])c34)c2c1[2H]. The van der Waals surface area contributed by atoms with Crippen molar-refractivity contribution in [3.05, 3.63) is 157 Å². The Bertz CT molecular complexity index is 3890. The second kappa shape index (κ2) is 9.03. The van der Waals surface area contributed by atoms with Gasteiger partial charge < -0.3 is 0 Å². The Kier molecular flexibility index (Phi) is 1.99. The second-order valence-electron chi connectivity index (χ2n) is 9.25. The molecule has 0 aromatic heterocycles. The first-order valence-electron chi connectivity index (χ1n) is 25.5. The Balaban J connectivity index is 1.64. The Morgan fingerprint density at radius 2 is 0.619 bits per heavy atom. The summed E-state index contributed by atoms with van der Waals surface area (Å²) in [7, 11) is 0. The quantitative estimate of drug-likeness (QED) is 0.147. The lowest BCUT2D eigenvalue weighted by Crippen LogP contribution is -1.91. The van der Waals surface area contributed by atoms with Crippen molar-refractivity contribution in [1.29, 1.82) is 0 Å². The van der Waals surface area contributed by atoms with Crippen LogP contribution in [0.4, 0.5) is 0 Å². The summed E-state index contributed by atoms with van der Waals surface area (Å²) in [6, 6.07) is -23.1. The monoisotopic (exact) mass is 556 g/mol. The number of hydrogen-bond acceptors (Lipinski definition) is 0. The van der Waals surface area contributed by atoms with Crippen LogP contribution in [0.5, 0.6) is 0 Å². The number of benzene rings is 9. The first-order chi connectivity index (χ1) is 31.7. The number of hydrogen-bond donors (Lipinski definition) is 0. The molecule has 194 valence electrons. The van der Waals surface area contributed by atoms with Gasteiger partial charge in [-0.2, -0.15) is 0 Å². The van der Waals surface area contributed by atoms with Crippen molar-refractivity contribution in [3.63, 3.8) is 0 Å². The average molecular weight is 557 g/mol. The van der Waals surface area contributed by atoms with Crippen LogP contribution in [-0.4, -0.2) is 0 Å². The van der Waals surface area contributed by atoms with E-state index in [0.717, 1.165) is 0 Å².